The molecule has 0 saturated heterocycles. The molecule has 1 amide bonds. The number of benzene rings is 1. The van der Waals surface area contributed by atoms with Gasteiger partial charge in [0, 0.05) is 0 Å². The summed E-state index contributed by atoms with van der Waals surface area (Å²) in [5.74, 6) is -1.20. The Morgan fingerprint density at radius 1 is 1.11 bits per heavy atom. The molecule has 146 valence electrons. The maximum absolute atomic E-state index is 13.6. The summed E-state index contributed by atoms with van der Waals surface area (Å²) < 4.78 is 67.5. The minimum atomic E-state index is -4.88. The zero-order valence-electron chi connectivity index (χ0n) is 13.7. The van der Waals surface area contributed by atoms with Crippen LogP contribution in [0.15, 0.2) is 48.7 Å². The highest BCUT2D eigenvalue weighted by molar-refractivity contribution is 6.29. The highest BCUT2D eigenvalue weighted by atomic mass is 35.5. The summed E-state index contributed by atoms with van der Waals surface area (Å²) in [5.41, 5.74) is -3.37. The van der Waals surface area contributed by atoms with E-state index < -0.39 is 41.1 Å². The molecule has 1 N–H and O–H groups in total. The summed E-state index contributed by atoms with van der Waals surface area (Å²) in [4.78, 5) is 15.7. The van der Waals surface area contributed by atoms with E-state index in [1.807, 2.05) is 5.32 Å². The number of hydrogen-bond donors (Lipinski definition) is 1. The molecule has 11 heteroatoms. The molecule has 0 unspecified atom stereocenters. The van der Waals surface area contributed by atoms with Crippen LogP contribution in [-0.4, -0.2) is 20.7 Å². The van der Waals surface area contributed by atoms with Gasteiger partial charge in [0.1, 0.15) is 10.8 Å². The standard InChI is InChI=1S/C17H10ClF5N4O/c18-12-7-6-10(13(26-12)15(19)20)16(28)25-11-8-24-27(14(11)17(21,22)23)9-4-2-1-3-5-9/h1-8,15H,(H,25,28). The molecule has 2 aromatic heterocycles. The van der Waals surface area contributed by atoms with Crippen LogP contribution in [-0.2, 0) is 6.18 Å². The zero-order chi connectivity index (χ0) is 20.5. The second-order valence-corrected chi connectivity index (χ2v) is 5.86. The molecule has 0 radical (unpaired) electrons. The van der Waals surface area contributed by atoms with Gasteiger partial charge >= 0.3 is 6.18 Å². The molecule has 5 nitrogen and oxygen atoms in total. The average molecular weight is 417 g/mol. The Morgan fingerprint density at radius 3 is 2.39 bits per heavy atom. The summed E-state index contributed by atoms with van der Waals surface area (Å²) >= 11 is 5.54. The monoisotopic (exact) mass is 416 g/mol. The lowest BCUT2D eigenvalue weighted by molar-refractivity contribution is -0.142. The van der Waals surface area contributed by atoms with Crippen LogP contribution in [0.25, 0.3) is 5.69 Å². The third-order valence-corrected chi connectivity index (χ3v) is 3.84. The predicted octanol–water partition coefficient (Wildman–Crippen LogP) is 5.13. The summed E-state index contributed by atoms with van der Waals surface area (Å²) in [6.07, 6.45) is -7.23. The Hall–Kier alpha value is -3.01. The number of pyridine rings is 1. The number of amides is 1. The Kier molecular flexibility index (Phi) is 5.32. The molecule has 2 heterocycles. The van der Waals surface area contributed by atoms with Gasteiger partial charge in [-0.2, -0.15) is 18.3 Å². The van der Waals surface area contributed by atoms with E-state index in [0.29, 0.717) is 4.68 Å². The molecule has 28 heavy (non-hydrogen) atoms. The summed E-state index contributed by atoms with van der Waals surface area (Å²) in [6.45, 7) is 0. The van der Waals surface area contributed by atoms with Crippen LogP contribution >= 0.6 is 11.6 Å². The third kappa shape index (κ3) is 3.96. The van der Waals surface area contributed by atoms with E-state index in [2.05, 4.69) is 10.1 Å². The lowest BCUT2D eigenvalue weighted by Crippen LogP contribution is -2.20. The fourth-order valence-corrected chi connectivity index (χ4v) is 2.63. The van der Waals surface area contributed by atoms with Crippen molar-refractivity contribution in [3.63, 3.8) is 0 Å². The van der Waals surface area contributed by atoms with Crippen LogP contribution in [0.5, 0.6) is 0 Å². The number of rotatable bonds is 4. The van der Waals surface area contributed by atoms with E-state index in [0.717, 1.165) is 18.3 Å². The van der Waals surface area contributed by atoms with E-state index in [9.17, 15) is 26.7 Å². The van der Waals surface area contributed by atoms with Gasteiger partial charge in [-0.3, -0.25) is 4.79 Å². The van der Waals surface area contributed by atoms with Crippen molar-refractivity contribution < 1.29 is 26.7 Å². The summed E-state index contributed by atoms with van der Waals surface area (Å²) in [7, 11) is 0. The molecule has 0 saturated carbocycles. The average Bonchev–Trinajstić information content (AvgIpc) is 3.06. The number of aromatic nitrogens is 3. The normalized spacial score (nSPS) is 11.7. The number of halogens is 6. The minimum absolute atomic E-state index is 0.108. The molecule has 3 aromatic rings. The molecule has 0 aliphatic carbocycles. The lowest BCUT2D eigenvalue weighted by Gasteiger charge is -2.14. The van der Waals surface area contributed by atoms with E-state index in [-0.39, 0.29) is 10.8 Å². The second-order valence-electron chi connectivity index (χ2n) is 5.47. The fraction of sp³-hybridized carbons (Fsp3) is 0.118. The van der Waals surface area contributed by atoms with Gasteiger partial charge in [0.05, 0.1) is 23.1 Å². The van der Waals surface area contributed by atoms with Crippen molar-refractivity contribution in [2.75, 3.05) is 5.32 Å². The summed E-state index contributed by atoms with van der Waals surface area (Å²) in [6, 6.07) is 9.48. The van der Waals surface area contributed by atoms with Gasteiger partial charge in [-0.15, -0.1) is 0 Å². The third-order valence-electron chi connectivity index (χ3n) is 3.63. The maximum Gasteiger partial charge on any atom is 0.435 e. The van der Waals surface area contributed by atoms with Crippen molar-refractivity contribution in [3.8, 4) is 5.69 Å². The topological polar surface area (TPSA) is 59.8 Å². The van der Waals surface area contributed by atoms with Crippen LogP contribution in [0.1, 0.15) is 28.2 Å². The molecular weight excluding hydrogens is 407 g/mol. The molecule has 3 rings (SSSR count). The van der Waals surface area contributed by atoms with Gasteiger partial charge in [-0.05, 0) is 24.3 Å². The number of nitrogens with zero attached hydrogens (tertiary/aromatic N) is 3. The van der Waals surface area contributed by atoms with Crippen molar-refractivity contribution in [1.29, 1.82) is 0 Å². The van der Waals surface area contributed by atoms with Crippen molar-refractivity contribution in [2.24, 2.45) is 0 Å². The van der Waals surface area contributed by atoms with E-state index >= 15 is 0 Å². The Balaban J connectivity index is 2.02. The fourth-order valence-electron chi connectivity index (χ4n) is 2.48. The first-order valence-corrected chi connectivity index (χ1v) is 8.03. The van der Waals surface area contributed by atoms with Crippen LogP contribution in [0.3, 0.4) is 0 Å². The van der Waals surface area contributed by atoms with Crippen molar-refractivity contribution >= 4 is 23.2 Å². The largest absolute Gasteiger partial charge is 0.435 e. The number of anilines is 1. The number of nitrogens with one attached hydrogen (secondary N) is 1. The minimum Gasteiger partial charge on any atom is -0.319 e. The number of carbonyl (C=O) groups is 1. The van der Waals surface area contributed by atoms with Gasteiger partial charge in [0.15, 0.2) is 5.69 Å². The molecule has 0 aliphatic heterocycles. The molecule has 0 fully saturated rings. The van der Waals surface area contributed by atoms with E-state index in [4.69, 9.17) is 11.6 Å². The number of carbonyl (C=O) groups excluding carboxylic acids is 1. The first-order valence-electron chi connectivity index (χ1n) is 7.65. The number of hydrogen-bond acceptors (Lipinski definition) is 3. The highest BCUT2D eigenvalue weighted by Crippen LogP contribution is 2.36. The number of alkyl halides is 5. The Bertz CT molecular complexity index is 1000. The van der Waals surface area contributed by atoms with E-state index in [1.54, 1.807) is 6.07 Å². The van der Waals surface area contributed by atoms with Gasteiger partial charge < -0.3 is 5.32 Å². The molecule has 0 atom stereocenters. The smallest absolute Gasteiger partial charge is 0.319 e. The maximum atomic E-state index is 13.6. The van der Waals surface area contributed by atoms with Crippen molar-refractivity contribution in [1.82, 2.24) is 14.8 Å². The van der Waals surface area contributed by atoms with Crippen LogP contribution < -0.4 is 5.32 Å². The molecule has 0 spiro atoms. The Morgan fingerprint density at radius 2 is 1.79 bits per heavy atom. The first-order chi connectivity index (χ1) is 13.2. The second kappa shape index (κ2) is 7.55. The van der Waals surface area contributed by atoms with Crippen LogP contribution in [0.4, 0.5) is 27.6 Å². The quantitative estimate of drug-likeness (QED) is 0.474. The van der Waals surface area contributed by atoms with Gasteiger partial charge in [0.25, 0.3) is 12.3 Å². The van der Waals surface area contributed by atoms with Crippen molar-refractivity contribution in [3.05, 3.63) is 70.8 Å². The number of para-hydroxylation sites is 1. The summed E-state index contributed by atoms with van der Waals surface area (Å²) in [5, 5.41) is 5.37. The van der Waals surface area contributed by atoms with Crippen LogP contribution in [0.2, 0.25) is 5.15 Å². The van der Waals surface area contributed by atoms with Crippen LogP contribution in [0, 0.1) is 0 Å². The molecular formula is C17H10ClF5N4O. The van der Waals surface area contributed by atoms with Crippen molar-refractivity contribution in [2.45, 2.75) is 12.6 Å². The first kappa shape index (κ1) is 19.7. The van der Waals surface area contributed by atoms with Gasteiger partial charge in [-0.25, -0.2) is 18.4 Å². The molecule has 0 bridgehead atoms. The lowest BCUT2D eigenvalue weighted by atomic mass is 10.1. The molecule has 0 aliphatic rings. The highest BCUT2D eigenvalue weighted by Gasteiger charge is 2.39. The zero-order valence-corrected chi connectivity index (χ0v) is 14.5. The van der Waals surface area contributed by atoms with Gasteiger partial charge in [-0.1, -0.05) is 29.8 Å². The SMILES string of the molecule is O=C(Nc1cnn(-c2ccccc2)c1C(F)(F)F)c1ccc(Cl)nc1C(F)F. The van der Waals surface area contributed by atoms with E-state index in [1.165, 1.54) is 24.3 Å². The van der Waals surface area contributed by atoms with Gasteiger partial charge in [0.2, 0.25) is 0 Å². The Labute approximate surface area is 159 Å². The predicted molar refractivity (Wildman–Crippen MR) is 90.7 cm³/mol. The molecule has 1 aromatic carbocycles.